The van der Waals surface area contributed by atoms with E-state index in [2.05, 4.69) is 26.7 Å². The van der Waals surface area contributed by atoms with Gasteiger partial charge in [-0.05, 0) is 42.7 Å². The van der Waals surface area contributed by atoms with E-state index in [9.17, 15) is 4.39 Å². The molecule has 0 aliphatic rings. The van der Waals surface area contributed by atoms with Gasteiger partial charge in [-0.2, -0.15) is 0 Å². The SMILES string of the molecule is CCNC(=NCc1ccc(F)cc1)NCCc1cccnc1. The Bertz CT molecular complexity index is 581. The second-order valence-corrected chi connectivity index (χ2v) is 4.86. The summed E-state index contributed by atoms with van der Waals surface area (Å²) in [6.45, 7) is 4.11. The Morgan fingerprint density at radius 1 is 1.14 bits per heavy atom. The van der Waals surface area contributed by atoms with E-state index in [1.54, 1.807) is 18.3 Å². The maximum Gasteiger partial charge on any atom is 0.191 e. The molecule has 116 valence electrons. The van der Waals surface area contributed by atoms with Crippen LogP contribution in [-0.4, -0.2) is 24.0 Å². The number of aromatic nitrogens is 1. The van der Waals surface area contributed by atoms with Gasteiger partial charge in [-0.25, -0.2) is 9.38 Å². The summed E-state index contributed by atoms with van der Waals surface area (Å²) in [6, 6.07) is 10.4. The first-order valence-corrected chi connectivity index (χ1v) is 7.43. The van der Waals surface area contributed by atoms with Crippen LogP contribution in [-0.2, 0) is 13.0 Å². The summed E-state index contributed by atoms with van der Waals surface area (Å²) < 4.78 is 12.9. The highest BCUT2D eigenvalue weighted by molar-refractivity contribution is 5.79. The maximum atomic E-state index is 12.9. The van der Waals surface area contributed by atoms with E-state index in [0.29, 0.717) is 6.54 Å². The van der Waals surface area contributed by atoms with Crippen LogP contribution in [0, 0.1) is 5.82 Å². The predicted octanol–water partition coefficient (Wildman–Crippen LogP) is 2.52. The minimum atomic E-state index is -0.228. The fraction of sp³-hybridized carbons (Fsp3) is 0.294. The minimum absolute atomic E-state index is 0.228. The number of rotatable bonds is 6. The fourth-order valence-electron chi connectivity index (χ4n) is 1.97. The fourth-order valence-corrected chi connectivity index (χ4v) is 1.97. The smallest absolute Gasteiger partial charge is 0.191 e. The Morgan fingerprint density at radius 3 is 2.64 bits per heavy atom. The molecule has 0 amide bonds. The van der Waals surface area contributed by atoms with Gasteiger partial charge in [0.1, 0.15) is 5.82 Å². The van der Waals surface area contributed by atoms with Crippen LogP contribution in [0.5, 0.6) is 0 Å². The van der Waals surface area contributed by atoms with Crippen molar-refractivity contribution in [2.24, 2.45) is 4.99 Å². The number of nitrogens with zero attached hydrogens (tertiary/aromatic N) is 2. The van der Waals surface area contributed by atoms with Gasteiger partial charge >= 0.3 is 0 Å². The van der Waals surface area contributed by atoms with Crippen molar-refractivity contribution < 1.29 is 4.39 Å². The lowest BCUT2D eigenvalue weighted by Crippen LogP contribution is -2.38. The van der Waals surface area contributed by atoms with Crippen molar-refractivity contribution in [3.8, 4) is 0 Å². The van der Waals surface area contributed by atoms with Gasteiger partial charge in [0.25, 0.3) is 0 Å². The number of hydrogen-bond acceptors (Lipinski definition) is 2. The summed E-state index contributed by atoms with van der Waals surface area (Å²) in [7, 11) is 0. The first kappa shape index (κ1) is 15.9. The third-order valence-electron chi connectivity index (χ3n) is 3.11. The molecule has 0 unspecified atom stereocenters. The Hall–Kier alpha value is -2.43. The zero-order valence-electron chi connectivity index (χ0n) is 12.7. The largest absolute Gasteiger partial charge is 0.357 e. The highest BCUT2D eigenvalue weighted by Crippen LogP contribution is 2.03. The van der Waals surface area contributed by atoms with Crippen LogP contribution >= 0.6 is 0 Å². The molecule has 22 heavy (non-hydrogen) atoms. The molecule has 2 rings (SSSR count). The third kappa shape index (κ3) is 5.52. The number of benzene rings is 1. The second-order valence-electron chi connectivity index (χ2n) is 4.86. The third-order valence-corrected chi connectivity index (χ3v) is 3.11. The van der Waals surface area contributed by atoms with Crippen LogP contribution in [0.3, 0.4) is 0 Å². The van der Waals surface area contributed by atoms with Gasteiger partial charge < -0.3 is 10.6 Å². The molecule has 0 saturated heterocycles. The molecule has 1 heterocycles. The number of nitrogens with one attached hydrogen (secondary N) is 2. The quantitative estimate of drug-likeness (QED) is 0.636. The second kappa shape index (κ2) is 8.77. The molecular weight excluding hydrogens is 279 g/mol. The molecule has 2 N–H and O–H groups in total. The number of pyridine rings is 1. The lowest BCUT2D eigenvalue weighted by atomic mass is 10.2. The van der Waals surface area contributed by atoms with E-state index in [0.717, 1.165) is 31.0 Å². The topological polar surface area (TPSA) is 49.3 Å². The van der Waals surface area contributed by atoms with Crippen LogP contribution in [0.25, 0.3) is 0 Å². The lowest BCUT2D eigenvalue weighted by molar-refractivity contribution is 0.627. The molecule has 0 atom stereocenters. The average Bonchev–Trinajstić information content (AvgIpc) is 2.55. The van der Waals surface area contributed by atoms with Crippen molar-refractivity contribution >= 4 is 5.96 Å². The van der Waals surface area contributed by atoms with Crippen molar-refractivity contribution in [3.05, 3.63) is 65.7 Å². The van der Waals surface area contributed by atoms with Crippen LogP contribution in [0.4, 0.5) is 4.39 Å². The predicted molar refractivity (Wildman–Crippen MR) is 87.2 cm³/mol. The van der Waals surface area contributed by atoms with E-state index in [1.165, 1.54) is 17.7 Å². The molecule has 4 nitrogen and oxygen atoms in total. The lowest BCUT2D eigenvalue weighted by Gasteiger charge is -2.11. The molecule has 0 aliphatic carbocycles. The van der Waals surface area contributed by atoms with E-state index in [-0.39, 0.29) is 5.82 Å². The molecule has 0 spiro atoms. The average molecular weight is 300 g/mol. The van der Waals surface area contributed by atoms with E-state index < -0.39 is 0 Å². The zero-order valence-corrected chi connectivity index (χ0v) is 12.7. The number of halogens is 1. The van der Waals surface area contributed by atoms with Gasteiger partial charge in [0.05, 0.1) is 6.54 Å². The molecule has 1 aromatic carbocycles. The van der Waals surface area contributed by atoms with Crippen molar-refractivity contribution in [2.45, 2.75) is 19.9 Å². The number of guanidine groups is 1. The molecule has 0 bridgehead atoms. The van der Waals surface area contributed by atoms with Gasteiger partial charge in [0.15, 0.2) is 5.96 Å². The Balaban J connectivity index is 1.85. The Kier molecular flexibility index (Phi) is 6.36. The molecule has 1 aromatic heterocycles. The number of aliphatic imine (C=N–C) groups is 1. The van der Waals surface area contributed by atoms with Crippen LogP contribution in [0.2, 0.25) is 0 Å². The summed E-state index contributed by atoms with van der Waals surface area (Å²) in [4.78, 5) is 8.60. The monoisotopic (exact) mass is 300 g/mol. The van der Waals surface area contributed by atoms with E-state index in [1.807, 2.05) is 19.2 Å². The molecular formula is C17H21FN4. The highest BCUT2D eigenvalue weighted by atomic mass is 19.1. The molecule has 5 heteroatoms. The first-order valence-electron chi connectivity index (χ1n) is 7.43. The summed E-state index contributed by atoms with van der Waals surface area (Å²) in [5.74, 6) is 0.532. The molecule has 2 aromatic rings. The van der Waals surface area contributed by atoms with E-state index >= 15 is 0 Å². The van der Waals surface area contributed by atoms with Gasteiger partial charge in [-0.1, -0.05) is 18.2 Å². The summed E-state index contributed by atoms with van der Waals surface area (Å²) in [6.07, 6.45) is 4.52. The summed E-state index contributed by atoms with van der Waals surface area (Å²) >= 11 is 0. The van der Waals surface area contributed by atoms with Crippen molar-refractivity contribution in [2.75, 3.05) is 13.1 Å². The maximum absolute atomic E-state index is 12.9. The Morgan fingerprint density at radius 2 is 1.95 bits per heavy atom. The van der Waals surface area contributed by atoms with Gasteiger partial charge in [-0.3, -0.25) is 4.98 Å². The zero-order chi connectivity index (χ0) is 15.6. The van der Waals surface area contributed by atoms with Gasteiger partial charge in [-0.15, -0.1) is 0 Å². The van der Waals surface area contributed by atoms with Gasteiger partial charge in [0, 0.05) is 25.5 Å². The summed E-state index contributed by atoms with van der Waals surface area (Å²) in [5, 5.41) is 6.49. The first-order chi connectivity index (χ1) is 10.8. The van der Waals surface area contributed by atoms with Crippen LogP contribution < -0.4 is 10.6 Å². The van der Waals surface area contributed by atoms with E-state index in [4.69, 9.17) is 0 Å². The molecule has 0 radical (unpaired) electrons. The summed E-state index contributed by atoms with van der Waals surface area (Å²) in [5.41, 5.74) is 2.16. The molecule has 0 saturated carbocycles. The van der Waals surface area contributed by atoms with Crippen molar-refractivity contribution in [1.29, 1.82) is 0 Å². The van der Waals surface area contributed by atoms with Crippen molar-refractivity contribution in [3.63, 3.8) is 0 Å². The number of hydrogen-bond donors (Lipinski definition) is 2. The van der Waals surface area contributed by atoms with Gasteiger partial charge in [0.2, 0.25) is 0 Å². The van der Waals surface area contributed by atoms with Crippen LogP contribution in [0.1, 0.15) is 18.1 Å². The van der Waals surface area contributed by atoms with Crippen molar-refractivity contribution in [1.82, 2.24) is 15.6 Å². The Labute approximate surface area is 130 Å². The normalized spacial score (nSPS) is 11.3. The minimum Gasteiger partial charge on any atom is -0.357 e. The standard InChI is InChI=1S/C17H21FN4/c1-2-20-17(21-11-9-14-4-3-10-19-12-14)22-13-15-5-7-16(18)8-6-15/h3-8,10,12H,2,9,11,13H2,1H3,(H2,20,21,22). The molecule has 0 aliphatic heterocycles. The molecule has 0 fully saturated rings. The van der Waals surface area contributed by atoms with Crippen LogP contribution in [0.15, 0.2) is 53.8 Å². The highest BCUT2D eigenvalue weighted by Gasteiger charge is 1.99.